The molecule has 1 heterocycles. The summed E-state index contributed by atoms with van der Waals surface area (Å²) in [4.78, 5) is 16.5. The lowest BCUT2D eigenvalue weighted by Crippen LogP contribution is -2.11. The second-order valence-corrected chi connectivity index (χ2v) is 6.06. The smallest absolute Gasteiger partial charge is 0.255 e. The topological polar surface area (TPSA) is 42.0 Å². The number of aromatic nitrogens is 1. The summed E-state index contributed by atoms with van der Waals surface area (Å²) in [5.74, 6) is -0.184. The van der Waals surface area contributed by atoms with Gasteiger partial charge in [-0.2, -0.15) is 0 Å². The van der Waals surface area contributed by atoms with Crippen molar-refractivity contribution in [1.82, 2.24) is 4.98 Å². The average Bonchev–Trinajstić information content (AvgIpc) is 2.50. The van der Waals surface area contributed by atoms with Crippen LogP contribution in [0.3, 0.4) is 0 Å². The van der Waals surface area contributed by atoms with E-state index in [1.807, 2.05) is 36.4 Å². The molecule has 0 radical (unpaired) electrons. The zero-order valence-electron chi connectivity index (χ0n) is 10.8. The van der Waals surface area contributed by atoms with Gasteiger partial charge >= 0.3 is 0 Å². The number of anilines is 1. The Morgan fingerprint density at radius 3 is 2.81 bits per heavy atom. The Morgan fingerprint density at radius 2 is 2.00 bits per heavy atom. The molecule has 0 atom stereocenters. The normalized spacial score (nSPS) is 10.6. The molecule has 2 aromatic carbocycles. The summed E-state index contributed by atoms with van der Waals surface area (Å²) >= 11 is 8.17. The number of hydrogen-bond donors (Lipinski definition) is 1. The third-order valence-electron chi connectivity index (χ3n) is 3.04. The van der Waals surface area contributed by atoms with Crippen molar-refractivity contribution in [2.24, 2.45) is 0 Å². The van der Waals surface area contributed by atoms with E-state index >= 15 is 0 Å². The predicted molar refractivity (Wildman–Crippen MR) is 93.9 cm³/mol. The average molecular weight is 409 g/mol. The van der Waals surface area contributed by atoms with Crippen LogP contribution in [0.1, 0.15) is 10.4 Å². The largest absolute Gasteiger partial charge is 0.322 e. The molecule has 1 amide bonds. The van der Waals surface area contributed by atoms with Crippen molar-refractivity contribution >= 4 is 56.7 Å². The highest BCUT2D eigenvalue weighted by Gasteiger charge is 2.08. The molecule has 0 aliphatic heterocycles. The number of carbonyl (C=O) groups excluding carboxylic acids is 1. The van der Waals surface area contributed by atoms with Crippen LogP contribution in [0.15, 0.2) is 54.7 Å². The first-order valence-corrected chi connectivity index (χ1v) is 7.70. The molecule has 0 bridgehead atoms. The van der Waals surface area contributed by atoms with Crippen LogP contribution < -0.4 is 5.32 Å². The van der Waals surface area contributed by atoms with E-state index in [1.165, 1.54) is 0 Å². The van der Waals surface area contributed by atoms with E-state index in [2.05, 4.69) is 32.9 Å². The monoisotopic (exact) mass is 408 g/mol. The Bertz CT molecular complexity index is 835. The van der Waals surface area contributed by atoms with E-state index in [0.29, 0.717) is 10.6 Å². The lowest BCUT2D eigenvalue weighted by atomic mass is 10.1. The number of hydrogen-bond acceptors (Lipinski definition) is 2. The van der Waals surface area contributed by atoms with Gasteiger partial charge in [0.05, 0.1) is 10.5 Å². The third kappa shape index (κ3) is 3.16. The van der Waals surface area contributed by atoms with Crippen molar-refractivity contribution in [2.45, 2.75) is 0 Å². The van der Waals surface area contributed by atoms with Crippen LogP contribution in [0.4, 0.5) is 5.69 Å². The highest BCUT2D eigenvalue weighted by atomic mass is 127. The van der Waals surface area contributed by atoms with Crippen molar-refractivity contribution in [2.75, 3.05) is 5.32 Å². The standard InChI is InChI=1S/C16H10ClIN2O/c17-13-9-11(3-5-14(13)18)16(21)20-12-4-6-15-10(8-12)2-1-7-19-15/h1-9H,(H,20,21). The summed E-state index contributed by atoms with van der Waals surface area (Å²) in [7, 11) is 0. The molecule has 3 rings (SSSR count). The molecule has 3 nitrogen and oxygen atoms in total. The van der Waals surface area contributed by atoms with Gasteiger partial charge in [-0.25, -0.2) is 0 Å². The molecule has 1 N–H and O–H groups in total. The first kappa shape index (κ1) is 14.3. The Kier molecular flexibility index (Phi) is 4.07. The first-order chi connectivity index (χ1) is 10.1. The Labute approximate surface area is 140 Å². The molecule has 1 aromatic heterocycles. The SMILES string of the molecule is O=C(Nc1ccc2ncccc2c1)c1ccc(I)c(Cl)c1. The molecule has 104 valence electrons. The highest BCUT2D eigenvalue weighted by molar-refractivity contribution is 14.1. The molecule has 0 saturated heterocycles. The van der Waals surface area contributed by atoms with Crippen molar-refractivity contribution in [1.29, 1.82) is 0 Å². The number of nitrogens with zero attached hydrogens (tertiary/aromatic N) is 1. The number of pyridine rings is 1. The van der Waals surface area contributed by atoms with Crippen LogP contribution in [0.5, 0.6) is 0 Å². The van der Waals surface area contributed by atoms with Gasteiger partial charge in [0, 0.05) is 26.4 Å². The molecule has 21 heavy (non-hydrogen) atoms. The van der Waals surface area contributed by atoms with E-state index in [9.17, 15) is 4.79 Å². The quantitative estimate of drug-likeness (QED) is 0.622. The van der Waals surface area contributed by atoms with Gasteiger partial charge in [-0.1, -0.05) is 17.7 Å². The zero-order chi connectivity index (χ0) is 14.8. The van der Waals surface area contributed by atoms with Gasteiger partial charge in [-0.05, 0) is 65.1 Å². The number of amides is 1. The Balaban J connectivity index is 1.87. The minimum Gasteiger partial charge on any atom is -0.322 e. The number of halogens is 2. The summed E-state index contributed by atoms with van der Waals surface area (Å²) in [5.41, 5.74) is 2.16. The lowest BCUT2D eigenvalue weighted by Gasteiger charge is -2.07. The number of benzene rings is 2. The molecule has 0 fully saturated rings. The molecule has 0 aliphatic rings. The minimum absolute atomic E-state index is 0.184. The molecule has 0 aliphatic carbocycles. The van der Waals surface area contributed by atoms with E-state index < -0.39 is 0 Å². The van der Waals surface area contributed by atoms with E-state index in [0.717, 1.165) is 20.2 Å². The number of nitrogens with one attached hydrogen (secondary N) is 1. The van der Waals surface area contributed by atoms with Crippen LogP contribution in [-0.2, 0) is 0 Å². The van der Waals surface area contributed by atoms with Gasteiger partial charge in [0.2, 0.25) is 0 Å². The lowest BCUT2D eigenvalue weighted by molar-refractivity contribution is 0.102. The fourth-order valence-electron chi connectivity index (χ4n) is 1.99. The van der Waals surface area contributed by atoms with E-state index in [-0.39, 0.29) is 5.91 Å². The number of rotatable bonds is 2. The minimum atomic E-state index is -0.184. The van der Waals surface area contributed by atoms with Crippen LogP contribution in [0, 0.1) is 3.57 Å². The Hall–Kier alpha value is -1.66. The molecular weight excluding hydrogens is 399 g/mol. The second-order valence-electron chi connectivity index (χ2n) is 4.49. The van der Waals surface area contributed by atoms with E-state index in [1.54, 1.807) is 18.3 Å². The summed E-state index contributed by atoms with van der Waals surface area (Å²) in [6.07, 6.45) is 1.74. The Morgan fingerprint density at radius 1 is 1.14 bits per heavy atom. The van der Waals surface area contributed by atoms with Gasteiger partial charge in [-0.3, -0.25) is 9.78 Å². The first-order valence-electron chi connectivity index (χ1n) is 6.25. The molecule has 0 saturated carbocycles. The predicted octanol–water partition coefficient (Wildman–Crippen LogP) is 4.75. The zero-order valence-corrected chi connectivity index (χ0v) is 13.7. The molecule has 0 unspecified atom stereocenters. The maximum absolute atomic E-state index is 12.2. The number of carbonyl (C=O) groups is 1. The molecular formula is C16H10ClIN2O. The molecule has 3 aromatic rings. The van der Waals surface area contributed by atoms with Gasteiger partial charge in [0.15, 0.2) is 0 Å². The van der Waals surface area contributed by atoms with Crippen molar-refractivity contribution in [3.8, 4) is 0 Å². The van der Waals surface area contributed by atoms with Crippen LogP contribution in [0.25, 0.3) is 10.9 Å². The van der Waals surface area contributed by atoms with Gasteiger partial charge in [-0.15, -0.1) is 0 Å². The third-order valence-corrected chi connectivity index (χ3v) is 4.61. The highest BCUT2D eigenvalue weighted by Crippen LogP contribution is 2.21. The summed E-state index contributed by atoms with van der Waals surface area (Å²) in [5, 5.41) is 4.43. The summed E-state index contributed by atoms with van der Waals surface area (Å²) < 4.78 is 0.919. The molecule has 5 heteroatoms. The van der Waals surface area contributed by atoms with Gasteiger partial charge in [0.1, 0.15) is 0 Å². The van der Waals surface area contributed by atoms with Gasteiger partial charge in [0.25, 0.3) is 5.91 Å². The molecule has 0 spiro atoms. The maximum atomic E-state index is 12.2. The van der Waals surface area contributed by atoms with Crippen LogP contribution >= 0.6 is 34.2 Å². The maximum Gasteiger partial charge on any atom is 0.255 e. The van der Waals surface area contributed by atoms with E-state index in [4.69, 9.17) is 11.6 Å². The van der Waals surface area contributed by atoms with Crippen molar-refractivity contribution in [3.63, 3.8) is 0 Å². The fourth-order valence-corrected chi connectivity index (χ4v) is 2.51. The van der Waals surface area contributed by atoms with Gasteiger partial charge < -0.3 is 5.32 Å². The summed E-state index contributed by atoms with van der Waals surface area (Å²) in [6.45, 7) is 0. The van der Waals surface area contributed by atoms with Crippen LogP contribution in [0.2, 0.25) is 5.02 Å². The second kappa shape index (κ2) is 5.99. The van der Waals surface area contributed by atoms with Crippen LogP contribution in [-0.4, -0.2) is 10.9 Å². The fraction of sp³-hybridized carbons (Fsp3) is 0. The van der Waals surface area contributed by atoms with Crippen molar-refractivity contribution < 1.29 is 4.79 Å². The van der Waals surface area contributed by atoms with Crippen molar-refractivity contribution in [3.05, 3.63) is 68.9 Å². The summed E-state index contributed by atoms with van der Waals surface area (Å²) in [6, 6.07) is 14.7. The number of fused-ring (bicyclic) bond motifs is 1.